The number of carbonyl (C=O) groups excluding carboxylic acids is 1. The Labute approximate surface area is 201 Å². The topological polar surface area (TPSA) is 79.4 Å². The molecule has 33 heavy (non-hydrogen) atoms. The van der Waals surface area contributed by atoms with Crippen LogP contribution in [0.25, 0.3) is 10.2 Å². The quantitative estimate of drug-likeness (QED) is 0.396. The average molecular weight is 488 g/mol. The molecule has 3 rings (SSSR count). The zero-order chi connectivity index (χ0) is 24.2. The normalized spacial score (nSPS) is 13.2. The second-order valence-corrected chi connectivity index (χ2v) is 12.1. The molecule has 1 unspecified atom stereocenters. The van der Waals surface area contributed by atoms with Crippen LogP contribution in [-0.4, -0.2) is 36.7 Å². The lowest BCUT2D eigenvalue weighted by Crippen LogP contribution is -2.37. The molecule has 1 atom stereocenters. The molecule has 3 aromatic rings. The van der Waals surface area contributed by atoms with Gasteiger partial charge < -0.3 is 5.32 Å². The largest absolute Gasteiger partial charge is 0.301 e. The van der Waals surface area contributed by atoms with Crippen LogP contribution in [0.1, 0.15) is 52.5 Å². The fourth-order valence-corrected chi connectivity index (χ4v) is 6.58. The maximum atomic E-state index is 13.4. The highest BCUT2D eigenvalue weighted by Gasteiger charge is 2.27. The van der Waals surface area contributed by atoms with Gasteiger partial charge in [0.2, 0.25) is 15.9 Å². The van der Waals surface area contributed by atoms with Crippen LogP contribution >= 0.6 is 11.3 Å². The number of sulfonamides is 1. The molecule has 8 heteroatoms. The van der Waals surface area contributed by atoms with E-state index in [1.165, 1.54) is 11.3 Å². The molecule has 0 aliphatic rings. The maximum absolute atomic E-state index is 13.4. The zero-order valence-corrected chi connectivity index (χ0v) is 21.5. The van der Waals surface area contributed by atoms with Gasteiger partial charge in [0, 0.05) is 13.1 Å². The molecule has 1 amide bonds. The predicted molar refractivity (Wildman–Crippen MR) is 136 cm³/mol. The first-order chi connectivity index (χ1) is 15.6. The van der Waals surface area contributed by atoms with Crippen LogP contribution in [0.4, 0.5) is 5.13 Å². The van der Waals surface area contributed by atoms with Crippen LogP contribution in [0.2, 0.25) is 0 Å². The Bertz CT molecular complexity index is 1180. The number of rotatable bonds is 10. The van der Waals surface area contributed by atoms with Crippen LogP contribution in [0.3, 0.4) is 0 Å². The Kier molecular flexibility index (Phi) is 8.26. The number of benzene rings is 2. The number of thiazole rings is 1. The highest BCUT2D eigenvalue weighted by Crippen LogP contribution is 2.31. The second kappa shape index (κ2) is 10.8. The number of nitrogens with zero attached hydrogens (tertiary/aromatic N) is 2. The summed E-state index contributed by atoms with van der Waals surface area (Å²) in [5, 5.41) is 3.39. The lowest BCUT2D eigenvalue weighted by molar-refractivity contribution is -0.117. The van der Waals surface area contributed by atoms with Crippen molar-refractivity contribution in [3.63, 3.8) is 0 Å². The molecule has 0 spiro atoms. The van der Waals surface area contributed by atoms with Crippen LogP contribution in [-0.2, 0) is 14.8 Å². The third kappa shape index (κ3) is 6.19. The van der Waals surface area contributed by atoms with E-state index in [1.54, 1.807) is 22.5 Å². The van der Waals surface area contributed by atoms with E-state index in [1.807, 2.05) is 65.0 Å². The first kappa shape index (κ1) is 25.3. The second-order valence-electron chi connectivity index (χ2n) is 9.12. The van der Waals surface area contributed by atoms with E-state index in [4.69, 9.17) is 0 Å². The molecule has 0 saturated heterocycles. The van der Waals surface area contributed by atoms with Gasteiger partial charge in [-0.05, 0) is 42.0 Å². The van der Waals surface area contributed by atoms with Crippen molar-refractivity contribution in [2.75, 3.05) is 18.4 Å². The van der Waals surface area contributed by atoms with Crippen molar-refractivity contribution < 1.29 is 13.2 Å². The minimum absolute atomic E-state index is 0.115. The van der Waals surface area contributed by atoms with Crippen LogP contribution in [0.5, 0.6) is 0 Å². The fraction of sp³-hybridized carbons (Fsp3) is 0.440. The minimum Gasteiger partial charge on any atom is -0.301 e. The summed E-state index contributed by atoms with van der Waals surface area (Å²) in [6, 6.07) is 14.7. The van der Waals surface area contributed by atoms with E-state index in [0.29, 0.717) is 30.2 Å². The van der Waals surface area contributed by atoms with Crippen LogP contribution in [0.15, 0.2) is 53.4 Å². The summed E-state index contributed by atoms with van der Waals surface area (Å²) in [6.45, 7) is 11.0. The summed E-state index contributed by atoms with van der Waals surface area (Å²) in [5.74, 6) is 0.0672. The third-order valence-electron chi connectivity index (χ3n) is 5.29. The highest BCUT2D eigenvalue weighted by molar-refractivity contribution is 7.89. The van der Waals surface area contributed by atoms with Crippen molar-refractivity contribution in [2.45, 2.75) is 51.9 Å². The van der Waals surface area contributed by atoms with Gasteiger partial charge in [-0.2, -0.15) is 4.31 Å². The van der Waals surface area contributed by atoms with Crippen molar-refractivity contribution in [3.05, 3.63) is 54.1 Å². The van der Waals surface area contributed by atoms with E-state index < -0.39 is 10.0 Å². The molecule has 1 aromatic heterocycles. The number of hydrogen-bond donors (Lipinski definition) is 1. The van der Waals surface area contributed by atoms with Gasteiger partial charge in [0.25, 0.3) is 0 Å². The highest BCUT2D eigenvalue weighted by atomic mass is 32.2. The Morgan fingerprint density at radius 1 is 1.03 bits per heavy atom. The van der Waals surface area contributed by atoms with E-state index in [-0.39, 0.29) is 28.6 Å². The lowest BCUT2D eigenvalue weighted by Gasteiger charge is -2.25. The summed E-state index contributed by atoms with van der Waals surface area (Å²) < 4.78 is 29.0. The third-order valence-corrected chi connectivity index (χ3v) is 8.05. The van der Waals surface area contributed by atoms with Crippen molar-refractivity contribution in [1.29, 1.82) is 0 Å². The smallest absolute Gasteiger partial charge is 0.243 e. The molecular weight excluding hydrogens is 454 g/mol. The van der Waals surface area contributed by atoms with E-state index in [2.05, 4.69) is 10.3 Å². The molecule has 6 nitrogen and oxygen atoms in total. The first-order valence-corrected chi connectivity index (χ1v) is 13.6. The van der Waals surface area contributed by atoms with E-state index in [9.17, 15) is 13.2 Å². The molecule has 0 fully saturated rings. The first-order valence-electron chi connectivity index (χ1n) is 11.4. The van der Waals surface area contributed by atoms with Crippen molar-refractivity contribution in [1.82, 2.24) is 9.29 Å². The van der Waals surface area contributed by atoms with Crippen LogP contribution < -0.4 is 5.32 Å². The summed E-state index contributed by atoms with van der Waals surface area (Å²) >= 11 is 1.29. The monoisotopic (exact) mass is 487 g/mol. The van der Waals surface area contributed by atoms with Gasteiger partial charge in [0.05, 0.1) is 21.0 Å². The Morgan fingerprint density at radius 3 is 2.24 bits per heavy atom. The van der Waals surface area contributed by atoms with Gasteiger partial charge in [-0.1, -0.05) is 76.3 Å². The zero-order valence-electron chi connectivity index (χ0n) is 19.9. The molecule has 0 radical (unpaired) electrons. The minimum atomic E-state index is -3.63. The maximum Gasteiger partial charge on any atom is 0.243 e. The summed E-state index contributed by atoms with van der Waals surface area (Å²) in [5.41, 5.74) is 1.63. The fourth-order valence-electron chi connectivity index (χ4n) is 3.80. The summed E-state index contributed by atoms with van der Waals surface area (Å²) in [6.07, 6.45) is 0.671. The Morgan fingerprint density at radius 2 is 1.67 bits per heavy atom. The molecular formula is C25H33N3O3S2. The van der Waals surface area contributed by atoms with Gasteiger partial charge in [0.15, 0.2) is 5.13 Å². The molecule has 1 N–H and O–H groups in total. The standard InChI is InChI=1S/C25H33N3O3S2/c1-6-21(19-10-8-7-9-11-19)24(29)27-25-26-22-13-12-20(14-23(22)32-25)33(30,31)28(15-17(2)3)16-18(4)5/h7-14,17-18,21H,6,15-16H2,1-5H3,(H,26,27,29). The number of hydrogen-bond acceptors (Lipinski definition) is 5. The molecule has 0 bridgehead atoms. The van der Waals surface area contributed by atoms with E-state index >= 15 is 0 Å². The van der Waals surface area contributed by atoms with Crippen molar-refractivity contribution in [3.8, 4) is 0 Å². The van der Waals surface area contributed by atoms with Crippen molar-refractivity contribution >= 4 is 42.6 Å². The molecule has 2 aromatic carbocycles. The number of carbonyl (C=O) groups is 1. The Balaban J connectivity index is 1.86. The number of anilines is 1. The van der Waals surface area contributed by atoms with Gasteiger partial charge in [0.1, 0.15) is 0 Å². The number of nitrogens with one attached hydrogen (secondary N) is 1. The summed E-state index contributed by atoms with van der Waals surface area (Å²) in [7, 11) is -3.63. The SMILES string of the molecule is CCC(C(=O)Nc1nc2ccc(S(=O)(=O)N(CC(C)C)CC(C)C)cc2s1)c1ccccc1. The molecule has 0 aliphatic carbocycles. The average Bonchev–Trinajstić information content (AvgIpc) is 3.15. The molecule has 0 aliphatic heterocycles. The lowest BCUT2D eigenvalue weighted by atomic mass is 9.96. The van der Waals surface area contributed by atoms with Gasteiger partial charge in [-0.15, -0.1) is 0 Å². The molecule has 1 heterocycles. The molecule has 0 saturated carbocycles. The number of aromatic nitrogens is 1. The van der Waals surface area contributed by atoms with Gasteiger partial charge >= 0.3 is 0 Å². The molecule has 178 valence electrons. The summed E-state index contributed by atoms with van der Waals surface area (Å²) in [4.78, 5) is 17.7. The number of amides is 1. The van der Waals surface area contributed by atoms with Crippen molar-refractivity contribution in [2.24, 2.45) is 11.8 Å². The number of fused-ring (bicyclic) bond motifs is 1. The Hall–Kier alpha value is -2.29. The van der Waals surface area contributed by atoms with E-state index in [0.717, 1.165) is 10.3 Å². The van der Waals surface area contributed by atoms with Gasteiger partial charge in [-0.25, -0.2) is 13.4 Å². The van der Waals surface area contributed by atoms with Gasteiger partial charge in [-0.3, -0.25) is 4.79 Å². The predicted octanol–water partition coefficient (Wildman–Crippen LogP) is 5.73. The van der Waals surface area contributed by atoms with Crippen LogP contribution in [0, 0.1) is 11.8 Å².